The van der Waals surface area contributed by atoms with Crippen LogP contribution in [0.5, 0.6) is 0 Å². The van der Waals surface area contributed by atoms with Gasteiger partial charge in [-0.05, 0) is 43.3 Å². The molecule has 0 unspecified atom stereocenters. The molecular weight excluding hydrogens is 615 g/mol. The molecule has 2 aliphatic rings. The average Bonchev–Trinajstić information content (AvgIpc) is 3.45. The molecule has 0 atom stereocenters. The molecule has 0 spiro atoms. The van der Waals surface area contributed by atoms with Crippen molar-refractivity contribution in [2.45, 2.75) is 13.8 Å². The second-order valence-corrected chi connectivity index (χ2v) is 9.41. The van der Waals surface area contributed by atoms with Gasteiger partial charge in [-0.25, -0.2) is 0 Å². The number of carbonyl (C=O) groups excluding carboxylic acids is 2. The monoisotopic (exact) mass is 631 g/mol. The van der Waals surface area contributed by atoms with E-state index in [1.807, 2.05) is 0 Å². The first-order valence-corrected chi connectivity index (χ1v) is 11.9. The summed E-state index contributed by atoms with van der Waals surface area (Å²) in [5.74, 6) is -1.25. The van der Waals surface area contributed by atoms with Gasteiger partial charge in [-0.15, -0.1) is 18.4 Å². The molecule has 16 nitrogen and oxygen atoms in total. The molecule has 19 heteroatoms. The van der Waals surface area contributed by atoms with Crippen LogP contribution in [0.1, 0.15) is 13.8 Å². The van der Waals surface area contributed by atoms with Crippen molar-refractivity contribution in [2.75, 3.05) is 0 Å². The number of carbonyl (C=O) groups is 2. The van der Waals surface area contributed by atoms with E-state index in [9.17, 15) is 40.0 Å². The minimum Gasteiger partial charge on any atom is -0.506 e. The van der Waals surface area contributed by atoms with Crippen LogP contribution in [-0.4, -0.2) is 47.6 Å². The number of rotatable bonds is 4. The van der Waals surface area contributed by atoms with Crippen LogP contribution >= 0.6 is 22.7 Å². The second-order valence-electron chi connectivity index (χ2n) is 7.43. The van der Waals surface area contributed by atoms with Crippen molar-refractivity contribution in [3.05, 3.63) is 96.2 Å². The van der Waals surface area contributed by atoms with Crippen LogP contribution in [0.25, 0.3) is 0 Å². The Morgan fingerprint density at radius 3 is 1.77 bits per heavy atom. The predicted octanol–water partition coefficient (Wildman–Crippen LogP) is 2.16. The Morgan fingerprint density at radius 1 is 0.850 bits per heavy atom. The van der Waals surface area contributed by atoms with Crippen LogP contribution in [0.3, 0.4) is 0 Å². The van der Waals surface area contributed by atoms with Gasteiger partial charge in [0.15, 0.2) is 11.6 Å². The molecule has 0 saturated heterocycles. The number of aliphatic hydroxyl groups excluding tert-OH is 2. The standard InChI is InChI=1S/C11H9N4O4S.C10H8N4O4S.Co/c1-6-3-7(16)4-8(17)10(6)12-13-11-14(2)5-9(20-11)15(18)19;1-5-2-6(15)3-7(16)9(5)12-13-10-11-4-8(19-10)14(17)18;/h3-5,17H,2H2,1H3;2-4H,1H3,(H2,11,13,15,16);/q-1;;/p-1/b12-10+,13-11+;;. The quantitative estimate of drug-likeness (QED) is 0.218. The number of hydrogen-bond acceptors (Lipinski definition) is 14. The molecule has 2 aromatic rings. The van der Waals surface area contributed by atoms with Crippen molar-refractivity contribution in [1.29, 1.82) is 0 Å². The third-order valence-corrected chi connectivity index (χ3v) is 6.32. The summed E-state index contributed by atoms with van der Waals surface area (Å²) in [5, 5.41) is 55.1. The molecule has 0 aromatic carbocycles. The minimum atomic E-state index is -0.578. The smallest absolute Gasteiger partial charge is 0.319 e. The first-order valence-electron chi connectivity index (χ1n) is 10.3. The van der Waals surface area contributed by atoms with E-state index >= 15 is 0 Å². The molecule has 0 saturated carbocycles. The number of aliphatic hydroxyl groups is 2. The van der Waals surface area contributed by atoms with E-state index in [-0.39, 0.29) is 70.9 Å². The van der Waals surface area contributed by atoms with Crippen molar-refractivity contribution in [1.82, 2.24) is 9.55 Å². The summed E-state index contributed by atoms with van der Waals surface area (Å²) in [6.07, 6.45) is 6.95. The van der Waals surface area contributed by atoms with E-state index in [1.54, 1.807) is 13.8 Å². The normalized spacial score (nSPS) is 17.9. The van der Waals surface area contributed by atoms with Crippen molar-refractivity contribution >= 4 is 55.7 Å². The number of nitrogens with zero attached hydrogens (tertiary/aromatic N) is 8. The maximum Gasteiger partial charge on any atom is 0.319 e. The molecule has 0 fully saturated rings. The van der Waals surface area contributed by atoms with E-state index in [2.05, 4.69) is 32.4 Å². The van der Waals surface area contributed by atoms with Gasteiger partial charge in [-0.1, -0.05) is 11.3 Å². The first-order chi connectivity index (χ1) is 18.3. The molecule has 2 aliphatic carbocycles. The van der Waals surface area contributed by atoms with Crippen molar-refractivity contribution in [3.63, 3.8) is 0 Å². The van der Waals surface area contributed by atoms with E-state index in [4.69, 9.17) is 0 Å². The van der Waals surface area contributed by atoms with Crippen LogP contribution in [0.2, 0.25) is 0 Å². The van der Waals surface area contributed by atoms with Crippen LogP contribution in [0.4, 0.5) is 10.0 Å². The second kappa shape index (κ2) is 13.4. The minimum absolute atomic E-state index is 0. The summed E-state index contributed by atoms with van der Waals surface area (Å²) in [6.45, 7) is 3.20. The number of hydrogen-bond donors (Lipinski definition) is 2. The predicted molar refractivity (Wildman–Crippen MR) is 139 cm³/mol. The number of nitro groups is 2. The molecule has 0 bridgehead atoms. The Labute approximate surface area is 241 Å². The van der Waals surface area contributed by atoms with Gasteiger partial charge in [-0.2, -0.15) is 10.2 Å². The van der Waals surface area contributed by atoms with Crippen molar-refractivity contribution in [3.8, 4) is 0 Å². The van der Waals surface area contributed by atoms with E-state index in [0.29, 0.717) is 11.1 Å². The molecule has 2 aromatic heterocycles. The van der Waals surface area contributed by atoms with Crippen molar-refractivity contribution < 1.29 is 46.4 Å². The van der Waals surface area contributed by atoms with Gasteiger partial charge in [0.2, 0.25) is 0 Å². The zero-order chi connectivity index (χ0) is 28.9. The Bertz CT molecular complexity index is 1670. The number of aromatic nitrogens is 2. The Kier molecular flexibility index (Phi) is 10.5. The third kappa shape index (κ3) is 7.89. The van der Waals surface area contributed by atoms with Gasteiger partial charge in [0.25, 0.3) is 5.00 Å². The van der Waals surface area contributed by atoms with Crippen LogP contribution in [-0.2, 0) is 26.4 Å². The third-order valence-electron chi connectivity index (χ3n) is 4.53. The zero-order valence-corrected chi connectivity index (χ0v) is 22.9. The fraction of sp³-hybridized carbons (Fsp3) is 0.0952. The zero-order valence-electron chi connectivity index (χ0n) is 20.2. The fourth-order valence-corrected chi connectivity index (χ4v) is 4.07. The van der Waals surface area contributed by atoms with Gasteiger partial charge < -0.3 is 24.9 Å². The summed E-state index contributed by atoms with van der Waals surface area (Å²) in [5.41, 5.74) is 1.19. The molecule has 4 rings (SSSR count). The summed E-state index contributed by atoms with van der Waals surface area (Å²) in [4.78, 5) is 46.2. The van der Waals surface area contributed by atoms with Gasteiger partial charge >= 0.3 is 5.00 Å². The summed E-state index contributed by atoms with van der Waals surface area (Å²) in [7, 11) is 3.55. The number of allylic oxidation sites excluding steroid dienone is 6. The Morgan fingerprint density at radius 2 is 1.35 bits per heavy atom. The van der Waals surface area contributed by atoms with Crippen LogP contribution in [0.15, 0.2) is 79.8 Å². The molecule has 40 heavy (non-hydrogen) atoms. The van der Waals surface area contributed by atoms with E-state index in [1.165, 1.54) is 22.9 Å². The molecule has 0 aliphatic heterocycles. The Hall–Kier alpha value is -4.72. The molecule has 211 valence electrons. The van der Waals surface area contributed by atoms with Gasteiger partial charge in [0.05, 0.1) is 9.85 Å². The molecule has 2 heterocycles. The fourth-order valence-electron chi connectivity index (χ4n) is 2.82. The molecule has 2 N–H and O–H groups in total. The van der Waals surface area contributed by atoms with Gasteiger partial charge in [0, 0.05) is 39.9 Å². The number of thiazole rings is 2. The summed E-state index contributed by atoms with van der Waals surface area (Å²) < 4.78 is 1.21. The maximum atomic E-state index is 11.2. The summed E-state index contributed by atoms with van der Waals surface area (Å²) >= 11 is 1.56. The topological polar surface area (TPSA) is 229 Å². The van der Waals surface area contributed by atoms with Crippen molar-refractivity contribution in [2.24, 2.45) is 20.4 Å². The maximum absolute atomic E-state index is 11.2. The molecule has 0 amide bonds. The van der Waals surface area contributed by atoms with Crippen LogP contribution < -0.4 is 14.6 Å². The van der Waals surface area contributed by atoms with Gasteiger partial charge in [0.1, 0.15) is 27.7 Å². The van der Waals surface area contributed by atoms with E-state index < -0.39 is 9.85 Å². The SMILES string of the molecule is CC1=CC(=O)C=C(O)/C1=N/N=c1\[n-]cc([N+](=O)[O-])s1.[CH2-]n1cc([N+](=O)[O-])s/c1=N/N=C1\C(C)=CC(=O)C=C1O.[Co]. The largest absolute Gasteiger partial charge is 0.506 e. The number of ketones is 2. The van der Waals surface area contributed by atoms with Crippen LogP contribution in [0, 0.1) is 27.3 Å². The Balaban J connectivity index is 0.000000274. The molecular formula is C21H16CoN8O8S2-2. The molecule has 1 radical (unpaired) electrons. The summed E-state index contributed by atoms with van der Waals surface area (Å²) in [6, 6.07) is 0. The van der Waals surface area contributed by atoms with E-state index in [0.717, 1.165) is 41.0 Å². The van der Waals surface area contributed by atoms with Gasteiger partial charge in [-0.3, -0.25) is 34.9 Å². The average molecular weight is 631 g/mol. The first kappa shape index (κ1) is 31.5.